The third-order valence-electron chi connectivity index (χ3n) is 9.21. The van der Waals surface area contributed by atoms with E-state index in [-0.39, 0.29) is 11.9 Å². The van der Waals surface area contributed by atoms with Gasteiger partial charge < -0.3 is 20.1 Å². The SMILES string of the molecule is CCCCCCCCCCCC(=O)OCCN(CCOC(=O)CCCCCCCCCCC)CC1CCN(CCCN)CC1. The zero-order valence-electron chi connectivity index (χ0n) is 29.3. The molecule has 0 aromatic heterocycles. The molecule has 260 valence electrons. The second-order valence-corrected chi connectivity index (χ2v) is 13.3. The Morgan fingerprint density at radius 3 is 1.45 bits per heavy atom. The number of carbonyl (C=O) groups is 2. The quantitative estimate of drug-likeness (QED) is 0.0614. The Labute approximate surface area is 272 Å². The summed E-state index contributed by atoms with van der Waals surface area (Å²) in [5, 5.41) is 0. The maximum absolute atomic E-state index is 12.3. The van der Waals surface area contributed by atoms with E-state index in [1.165, 1.54) is 103 Å². The molecule has 0 saturated carbocycles. The van der Waals surface area contributed by atoms with Crippen molar-refractivity contribution in [2.45, 2.75) is 162 Å². The molecule has 0 aromatic carbocycles. The lowest BCUT2D eigenvalue weighted by molar-refractivity contribution is -0.144. The summed E-state index contributed by atoms with van der Waals surface area (Å²) < 4.78 is 11.3. The van der Waals surface area contributed by atoms with Crippen molar-refractivity contribution in [3.8, 4) is 0 Å². The minimum atomic E-state index is -0.0755. The molecule has 0 aliphatic carbocycles. The summed E-state index contributed by atoms with van der Waals surface area (Å²) in [4.78, 5) is 29.6. The number of unbranched alkanes of at least 4 members (excludes halogenated alkanes) is 16. The number of likely N-dealkylation sites (tertiary alicyclic amines) is 1. The Hall–Kier alpha value is -1.18. The van der Waals surface area contributed by atoms with Crippen LogP contribution in [0.4, 0.5) is 0 Å². The normalized spacial score (nSPS) is 14.4. The number of nitrogens with two attached hydrogens (primary N) is 1. The smallest absolute Gasteiger partial charge is 0.305 e. The van der Waals surface area contributed by atoms with Crippen molar-refractivity contribution in [1.29, 1.82) is 0 Å². The van der Waals surface area contributed by atoms with Crippen LogP contribution in [0, 0.1) is 5.92 Å². The summed E-state index contributed by atoms with van der Waals surface area (Å²) in [7, 11) is 0. The number of hydrogen-bond donors (Lipinski definition) is 1. The van der Waals surface area contributed by atoms with E-state index in [1.807, 2.05) is 0 Å². The van der Waals surface area contributed by atoms with Gasteiger partial charge in [0.15, 0.2) is 0 Å². The van der Waals surface area contributed by atoms with Gasteiger partial charge in [-0.1, -0.05) is 117 Å². The van der Waals surface area contributed by atoms with Gasteiger partial charge in [0.1, 0.15) is 13.2 Å². The Kier molecular flexibility index (Phi) is 28.3. The van der Waals surface area contributed by atoms with Crippen molar-refractivity contribution in [3.05, 3.63) is 0 Å². The largest absolute Gasteiger partial charge is 0.464 e. The van der Waals surface area contributed by atoms with Gasteiger partial charge in [-0.15, -0.1) is 0 Å². The standard InChI is InChI=1S/C37H73N3O4/c1-3-5-7-9-11-13-15-17-19-22-36(41)43-32-30-40(34-35-24-28-39(29-25-35)27-21-26-38)31-33-44-37(42)23-20-18-16-14-12-10-8-6-4-2/h35H,3-34,38H2,1-2H3. The summed E-state index contributed by atoms with van der Waals surface area (Å²) in [5.41, 5.74) is 5.70. The van der Waals surface area contributed by atoms with E-state index in [4.69, 9.17) is 15.2 Å². The van der Waals surface area contributed by atoms with Crippen LogP contribution in [0.15, 0.2) is 0 Å². The summed E-state index contributed by atoms with van der Waals surface area (Å²) >= 11 is 0. The molecule has 7 heteroatoms. The third-order valence-corrected chi connectivity index (χ3v) is 9.21. The van der Waals surface area contributed by atoms with Gasteiger partial charge in [0.25, 0.3) is 0 Å². The molecule has 0 amide bonds. The van der Waals surface area contributed by atoms with Gasteiger partial charge in [0, 0.05) is 32.5 Å². The average molecular weight is 624 g/mol. The Morgan fingerprint density at radius 1 is 0.636 bits per heavy atom. The lowest BCUT2D eigenvalue weighted by Gasteiger charge is -2.34. The predicted octanol–water partition coefficient (Wildman–Crippen LogP) is 8.28. The molecule has 1 saturated heterocycles. The molecule has 7 nitrogen and oxygen atoms in total. The van der Waals surface area contributed by atoms with Crippen LogP contribution in [0.1, 0.15) is 162 Å². The fourth-order valence-corrected chi connectivity index (χ4v) is 6.25. The average Bonchev–Trinajstić information content (AvgIpc) is 3.02. The first-order valence-electron chi connectivity index (χ1n) is 19.0. The fraction of sp³-hybridized carbons (Fsp3) is 0.946. The molecule has 1 fully saturated rings. The first-order chi connectivity index (χ1) is 21.6. The van der Waals surface area contributed by atoms with Crippen LogP contribution in [0.2, 0.25) is 0 Å². The minimum Gasteiger partial charge on any atom is -0.464 e. The minimum absolute atomic E-state index is 0.0755. The lowest BCUT2D eigenvalue weighted by atomic mass is 9.96. The molecular formula is C37H73N3O4. The van der Waals surface area contributed by atoms with Crippen molar-refractivity contribution in [1.82, 2.24) is 9.80 Å². The van der Waals surface area contributed by atoms with Crippen molar-refractivity contribution < 1.29 is 19.1 Å². The van der Waals surface area contributed by atoms with Crippen LogP contribution in [0.5, 0.6) is 0 Å². The van der Waals surface area contributed by atoms with E-state index >= 15 is 0 Å². The number of nitrogens with zero attached hydrogens (tertiary/aromatic N) is 2. The second kappa shape index (κ2) is 30.5. The highest BCUT2D eigenvalue weighted by atomic mass is 16.5. The van der Waals surface area contributed by atoms with Crippen molar-refractivity contribution in [3.63, 3.8) is 0 Å². The summed E-state index contributed by atoms with van der Waals surface area (Å²) in [6, 6.07) is 0. The van der Waals surface area contributed by atoms with Gasteiger partial charge in [-0.3, -0.25) is 14.5 Å². The van der Waals surface area contributed by atoms with Gasteiger partial charge in [0.2, 0.25) is 0 Å². The first kappa shape index (κ1) is 40.8. The monoisotopic (exact) mass is 624 g/mol. The topological polar surface area (TPSA) is 85.1 Å². The lowest BCUT2D eigenvalue weighted by Crippen LogP contribution is -2.41. The molecule has 1 aliphatic rings. The van der Waals surface area contributed by atoms with E-state index in [0.29, 0.717) is 45.1 Å². The van der Waals surface area contributed by atoms with Gasteiger partial charge in [-0.2, -0.15) is 0 Å². The zero-order chi connectivity index (χ0) is 31.9. The number of rotatable bonds is 31. The molecule has 0 aromatic rings. The molecule has 44 heavy (non-hydrogen) atoms. The highest BCUT2D eigenvalue weighted by Crippen LogP contribution is 2.19. The van der Waals surface area contributed by atoms with Crippen LogP contribution in [0.3, 0.4) is 0 Å². The Balaban J connectivity index is 2.28. The number of carbonyl (C=O) groups excluding carboxylic acids is 2. The van der Waals surface area contributed by atoms with Crippen LogP contribution in [-0.4, -0.2) is 80.8 Å². The molecule has 1 aliphatic heterocycles. The molecule has 0 radical (unpaired) electrons. The molecule has 2 N–H and O–H groups in total. The van der Waals surface area contributed by atoms with Crippen molar-refractivity contribution >= 4 is 11.9 Å². The molecule has 1 heterocycles. The van der Waals surface area contributed by atoms with Crippen LogP contribution in [0.25, 0.3) is 0 Å². The van der Waals surface area contributed by atoms with Gasteiger partial charge in [-0.25, -0.2) is 0 Å². The summed E-state index contributed by atoms with van der Waals surface area (Å²) in [6.07, 6.45) is 26.9. The number of ether oxygens (including phenoxy) is 2. The summed E-state index contributed by atoms with van der Waals surface area (Å²) in [6.45, 7) is 11.8. The van der Waals surface area contributed by atoms with Crippen molar-refractivity contribution in [2.24, 2.45) is 11.7 Å². The first-order valence-corrected chi connectivity index (χ1v) is 19.0. The molecule has 0 unspecified atom stereocenters. The van der Waals surface area contributed by atoms with E-state index in [0.717, 1.165) is 64.8 Å². The van der Waals surface area contributed by atoms with E-state index in [9.17, 15) is 9.59 Å². The van der Waals surface area contributed by atoms with Gasteiger partial charge in [-0.05, 0) is 64.2 Å². The molecule has 0 atom stereocenters. The second-order valence-electron chi connectivity index (χ2n) is 13.3. The zero-order valence-corrected chi connectivity index (χ0v) is 29.3. The van der Waals surface area contributed by atoms with Crippen molar-refractivity contribution in [2.75, 3.05) is 59.0 Å². The highest BCUT2D eigenvalue weighted by Gasteiger charge is 2.21. The summed E-state index contributed by atoms with van der Waals surface area (Å²) in [5.74, 6) is 0.474. The van der Waals surface area contributed by atoms with E-state index in [2.05, 4.69) is 23.6 Å². The predicted molar refractivity (Wildman–Crippen MR) is 185 cm³/mol. The molecule has 1 rings (SSSR count). The number of esters is 2. The van der Waals surface area contributed by atoms with Gasteiger partial charge in [0.05, 0.1) is 0 Å². The Morgan fingerprint density at radius 2 is 1.05 bits per heavy atom. The van der Waals surface area contributed by atoms with E-state index in [1.54, 1.807) is 0 Å². The van der Waals surface area contributed by atoms with Crippen LogP contribution >= 0.6 is 0 Å². The highest BCUT2D eigenvalue weighted by molar-refractivity contribution is 5.69. The molecule has 0 spiro atoms. The Bertz CT molecular complexity index is 615. The van der Waals surface area contributed by atoms with Crippen LogP contribution < -0.4 is 5.73 Å². The maximum Gasteiger partial charge on any atom is 0.305 e. The maximum atomic E-state index is 12.3. The third kappa shape index (κ3) is 25.1. The van der Waals surface area contributed by atoms with Crippen LogP contribution in [-0.2, 0) is 19.1 Å². The molecular weight excluding hydrogens is 550 g/mol. The fourth-order valence-electron chi connectivity index (χ4n) is 6.25. The number of piperidine rings is 1. The molecule has 0 bridgehead atoms. The van der Waals surface area contributed by atoms with E-state index < -0.39 is 0 Å². The number of hydrogen-bond acceptors (Lipinski definition) is 7. The van der Waals surface area contributed by atoms with Gasteiger partial charge >= 0.3 is 11.9 Å².